The third-order valence-electron chi connectivity index (χ3n) is 2.11. The molecule has 2 nitrogen and oxygen atoms in total. The van der Waals surface area contributed by atoms with Crippen molar-refractivity contribution < 1.29 is 8.78 Å². The molecule has 0 unspecified atom stereocenters. The van der Waals surface area contributed by atoms with Crippen molar-refractivity contribution in [2.75, 3.05) is 0 Å². The third-order valence-corrected chi connectivity index (χ3v) is 2.41. The van der Waals surface area contributed by atoms with Gasteiger partial charge in [-0.3, -0.25) is 4.57 Å². The average Bonchev–Trinajstić information content (AvgIpc) is 2.51. The molecule has 0 saturated heterocycles. The highest BCUT2D eigenvalue weighted by atomic mass is 32.1. The van der Waals surface area contributed by atoms with Crippen LogP contribution >= 0.6 is 12.2 Å². The van der Waals surface area contributed by atoms with Gasteiger partial charge in [0.1, 0.15) is 11.6 Å². The van der Waals surface area contributed by atoms with Crippen molar-refractivity contribution in [2.24, 2.45) is 0 Å². The fourth-order valence-electron chi connectivity index (χ4n) is 1.41. The molecule has 0 bridgehead atoms. The van der Waals surface area contributed by atoms with E-state index in [4.69, 9.17) is 12.2 Å². The maximum atomic E-state index is 13.4. The number of hydrogen-bond donors (Lipinski definition) is 1. The van der Waals surface area contributed by atoms with Gasteiger partial charge in [-0.1, -0.05) is 0 Å². The first kappa shape index (κ1) is 10.0. The summed E-state index contributed by atoms with van der Waals surface area (Å²) in [5.41, 5.74) is 0.850. The number of hydrogen-bond acceptors (Lipinski definition) is 1. The molecule has 2 rings (SSSR count). The standard InChI is InChI=1S/C10H8F2N2S/c1-6-5-13-10(15)14(6)9-4-7(11)2-3-8(9)12/h2-5H,1H3,(H,13,15). The zero-order valence-electron chi connectivity index (χ0n) is 7.92. The van der Waals surface area contributed by atoms with Gasteiger partial charge in [-0.2, -0.15) is 0 Å². The van der Waals surface area contributed by atoms with Gasteiger partial charge >= 0.3 is 0 Å². The third kappa shape index (κ3) is 1.70. The highest BCUT2D eigenvalue weighted by molar-refractivity contribution is 7.71. The van der Waals surface area contributed by atoms with E-state index in [0.29, 0.717) is 4.77 Å². The lowest BCUT2D eigenvalue weighted by atomic mass is 10.3. The van der Waals surface area contributed by atoms with Crippen LogP contribution in [-0.2, 0) is 0 Å². The van der Waals surface area contributed by atoms with Gasteiger partial charge in [-0.05, 0) is 31.3 Å². The normalized spacial score (nSPS) is 10.6. The van der Waals surface area contributed by atoms with Crippen LogP contribution in [0, 0.1) is 23.3 Å². The van der Waals surface area contributed by atoms with Crippen LogP contribution in [0.2, 0.25) is 0 Å². The molecule has 15 heavy (non-hydrogen) atoms. The first-order valence-electron chi connectivity index (χ1n) is 4.32. The summed E-state index contributed by atoms with van der Waals surface area (Å²) in [6.45, 7) is 1.76. The predicted molar refractivity (Wildman–Crippen MR) is 55.6 cm³/mol. The van der Waals surface area contributed by atoms with Gasteiger partial charge in [0.25, 0.3) is 0 Å². The summed E-state index contributed by atoms with van der Waals surface area (Å²) < 4.78 is 28.2. The molecule has 2 aromatic rings. The lowest BCUT2D eigenvalue weighted by Gasteiger charge is -2.06. The Kier molecular flexibility index (Phi) is 2.40. The Morgan fingerprint density at radius 3 is 2.67 bits per heavy atom. The molecule has 0 radical (unpaired) electrons. The molecule has 0 spiro atoms. The second-order valence-corrected chi connectivity index (χ2v) is 3.55. The highest BCUT2D eigenvalue weighted by Crippen LogP contribution is 2.17. The van der Waals surface area contributed by atoms with E-state index in [1.54, 1.807) is 13.1 Å². The summed E-state index contributed by atoms with van der Waals surface area (Å²) in [7, 11) is 0. The molecule has 1 aromatic carbocycles. The monoisotopic (exact) mass is 226 g/mol. The van der Waals surface area contributed by atoms with Gasteiger partial charge in [0.15, 0.2) is 4.77 Å². The summed E-state index contributed by atoms with van der Waals surface area (Å²) in [5, 5.41) is 0. The molecule has 0 saturated carbocycles. The number of halogens is 2. The second kappa shape index (κ2) is 3.58. The van der Waals surface area contributed by atoms with E-state index in [1.807, 2.05) is 0 Å². The van der Waals surface area contributed by atoms with Gasteiger partial charge in [0.2, 0.25) is 0 Å². The molecule has 0 aliphatic rings. The minimum absolute atomic E-state index is 0.124. The van der Waals surface area contributed by atoms with Crippen molar-refractivity contribution in [3.8, 4) is 5.69 Å². The quantitative estimate of drug-likeness (QED) is 0.741. The largest absolute Gasteiger partial charge is 0.337 e. The summed E-state index contributed by atoms with van der Waals surface area (Å²) >= 11 is 4.98. The van der Waals surface area contributed by atoms with Gasteiger partial charge < -0.3 is 4.98 Å². The molecule has 0 fully saturated rings. The molecular formula is C10H8F2N2S. The number of rotatable bonds is 1. The number of aromatic nitrogens is 2. The summed E-state index contributed by atoms with van der Waals surface area (Å²) in [5.74, 6) is -0.996. The van der Waals surface area contributed by atoms with Gasteiger partial charge in [0, 0.05) is 18.0 Å². The maximum absolute atomic E-state index is 13.4. The summed E-state index contributed by atoms with van der Waals surface area (Å²) in [6.07, 6.45) is 1.65. The number of benzene rings is 1. The van der Waals surface area contributed by atoms with Crippen LogP contribution in [0.25, 0.3) is 5.69 Å². The number of H-pyrrole nitrogens is 1. The van der Waals surface area contributed by atoms with E-state index < -0.39 is 11.6 Å². The Morgan fingerprint density at radius 1 is 1.33 bits per heavy atom. The Balaban J connectivity index is 2.74. The average molecular weight is 226 g/mol. The summed E-state index contributed by atoms with van der Waals surface area (Å²) in [6, 6.07) is 3.27. The number of nitrogens with one attached hydrogen (secondary N) is 1. The Labute approximate surface area is 90.2 Å². The number of aromatic amines is 1. The van der Waals surface area contributed by atoms with Crippen molar-refractivity contribution in [3.05, 3.63) is 46.5 Å². The molecule has 5 heteroatoms. The smallest absolute Gasteiger partial charge is 0.182 e. The van der Waals surface area contributed by atoms with E-state index in [9.17, 15) is 8.78 Å². The van der Waals surface area contributed by atoms with E-state index in [2.05, 4.69) is 4.98 Å². The van der Waals surface area contributed by atoms with Gasteiger partial charge in [0.05, 0.1) is 5.69 Å². The highest BCUT2D eigenvalue weighted by Gasteiger charge is 2.09. The molecule has 1 aromatic heterocycles. The van der Waals surface area contributed by atoms with E-state index in [1.165, 1.54) is 4.57 Å². The molecule has 0 atom stereocenters. The van der Waals surface area contributed by atoms with E-state index in [-0.39, 0.29) is 5.69 Å². The zero-order chi connectivity index (χ0) is 11.0. The first-order chi connectivity index (χ1) is 7.09. The Hall–Kier alpha value is -1.49. The van der Waals surface area contributed by atoms with Gasteiger partial charge in [-0.15, -0.1) is 0 Å². The summed E-state index contributed by atoms with van der Waals surface area (Å²) in [4.78, 5) is 2.77. The first-order valence-corrected chi connectivity index (χ1v) is 4.73. The van der Waals surface area contributed by atoms with Crippen molar-refractivity contribution >= 4 is 12.2 Å². The van der Waals surface area contributed by atoms with Crippen LogP contribution in [-0.4, -0.2) is 9.55 Å². The van der Waals surface area contributed by atoms with Crippen LogP contribution in [0.1, 0.15) is 5.69 Å². The minimum atomic E-state index is -0.504. The van der Waals surface area contributed by atoms with Crippen LogP contribution in [0.5, 0.6) is 0 Å². The fourth-order valence-corrected chi connectivity index (χ4v) is 1.71. The molecular weight excluding hydrogens is 218 g/mol. The number of nitrogens with zero attached hydrogens (tertiary/aromatic N) is 1. The van der Waals surface area contributed by atoms with Gasteiger partial charge in [-0.25, -0.2) is 8.78 Å². The number of aryl methyl sites for hydroxylation is 1. The van der Waals surface area contributed by atoms with Crippen LogP contribution in [0.15, 0.2) is 24.4 Å². The van der Waals surface area contributed by atoms with Crippen molar-refractivity contribution in [2.45, 2.75) is 6.92 Å². The van der Waals surface area contributed by atoms with Crippen molar-refractivity contribution in [1.29, 1.82) is 0 Å². The topological polar surface area (TPSA) is 20.7 Å². The van der Waals surface area contributed by atoms with E-state index in [0.717, 1.165) is 23.9 Å². The molecule has 0 aliphatic carbocycles. The lowest BCUT2D eigenvalue weighted by molar-refractivity contribution is 0.591. The maximum Gasteiger partial charge on any atom is 0.182 e. The van der Waals surface area contributed by atoms with Crippen LogP contribution in [0.4, 0.5) is 8.78 Å². The van der Waals surface area contributed by atoms with Crippen molar-refractivity contribution in [3.63, 3.8) is 0 Å². The molecule has 0 amide bonds. The lowest BCUT2D eigenvalue weighted by Crippen LogP contribution is -2.00. The fraction of sp³-hybridized carbons (Fsp3) is 0.100. The second-order valence-electron chi connectivity index (χ2n) is 3.17. The van der Waals surface area contributed by atoms with Crippen LogP contribution in [0.3, 0.4) is 0 Å². The Bertz CT molecular complexity index is 557. The SMILES string of the molecule is Cc1c[nH]c(=S)n1-c1cc(F)ccc1F. The molecule has 1 N–H and O–H groups in total. The molecule has 1 heterocycles. The number of imidazole rings is 1. The molecule has 0 aliphatic heterocycles. The predicted octanol–water partition coefficient (Wildman–Crippen LogP) is 3.12. The van der Waals surface area contributed by atoms with Crippen LogP contribution < -0.4 is 0 Å². The zero-order valence-corrected chi connectivity index (χ0v) is 8.74. The van der Waals surface area contributed by atoms with E-state index >= 15 is 0 Å². The van der Waals surface area contributed by atoms with Crippen molar-refractivity contribution in [1.82, 2.24) is 9.55 Å². The Morgan fingerprint density at radius 2 is 2.07 bits per heavy atom. The molecule has 78 valence electrons. The minimum Gasteiger partial charge on any atom is -0.337 e.